The van der Waals surface area contributed by atoms with Crippen LogP contribution in [0.2, 0.25) is 0 Å². The van der Waals surface area contributed by atoms with Crippen molar-refractivity contribution < 1.29 is 9.90 Å². The van der Waals surface area contributed by atoms with E-state index in [1.165, 1.54) is 0 Å². The molecule has 1 saturated carbocycles. The average Bonchev–Trinajstić information content (AvgIpc) is 2.98. The maximum atomic E-state index is 11.8. The number of nitrogens with zero attached hydrogens (tertiary/aromatic N) is 1. The zero-order valence-electron chi connectivity index (χ0n) is 11.5. The molecular formula is C15H17N3O2S. The minimum Gasteiger partial charge on any atom is -0.388 e. The minimum atomic E-state index is -0.702. The van der Waals surface area contributed by atoms with E-state index in [1.54, 1.807) is 17.5 Å². The van der Waals surface area contributed by atoms with Gasteiger partial charge in [0.2, 0.25) is 0 Å². The van der Waals surface area contributed by atoms with Crippen LogP contribution in [0.4, 0.5) is 10.5 Å². The van der Waals surface area contributed by atoms with E-state index in [9.17, 15) is 9.90 Å². The third-order valence-electron chi connectivity index (χ3n) is 3.68. The Hall–Kier alpha value is -1.92. The third-order valence-corrected chi connectivity index (χ3v) is 4.51. The van der Waals surface area contributed by atoms with Crippen LogP contribution in [0.15, 0.2) is 35.8 Å². The van der Waals surface area contributed by atoms with Crippen molar-refractivity contribution in [1.82, 2.24) is 10.3 Å². The van der Waals surface area contributed by atoms with Crippen LogP contribution in [-0.4, -0.2) is 28.3 Å². The predicted octanol–water partition coefficient (Wildman–Crippen LogP) is 2.85. The molecule has 0 atom stereocenters. The topological polar surface area (TPSA) is 74.2 Å². The molecule has 3 rings (SSSR count). The first-order valence-corrected chi connectivity index (χ1v) is 7.80. The summed E-state index contributed by atoms with van der Waals surface area (Å²) in [7, 11) is 0. The first kappa shape index (κ1) is 14.0. The van der Waals surface area contributed by atoms with Crippen molar-refractivity contribution in [3.8, 4) is 10.6 Å². The molecule has 1 aromatic carbocycles. The Morgan fingerprint density at radius 1 is 1.33 bits per heavy atom. The van der Waals surface area contributed by atoms with Crippen LogP contribution in [0.5, 0.6) is 0 Å². The maximum absolute atomic E-state index is 11.8. The fourth-order valence-corrected chi connectivity index (χ4v) is 2.89. The van der Waals surface area contributed by atoms with Gasteiger partial charge in [-0.15, -0.1) is 11.3 Å². The highest BCUT2D eigenvalue weighted by atomic mass is 32.1. The first-order valence-electron chi connectivity index (χ1n) is 6.92. The highest BCUT2D eigenvalue weighted by molar-refractivity contribution is 7.13. The van der Waals surface area contributed by atoms with E-state index >= 15 is 0 Å². The number of carbonyl (C=O) groups is 1. The number of anilines is 1. The number of aliphatic hydroxyl groups is 1. The highest BCUT2D eigenvalue weighted by Crippen LogP contribution is 2.30. The summed E-state index contributed by atoms with van der Waals surface area (Å²) >= 11 is 1.58. The normalized spacial score (nSPS) is 16.0. The van der Waals surface area contributed by atoms with Crippen LogP contribution in [0.1, 0.15) is 19.3 Å². The summed E-state index contributed by atoms with van der Waals surface area (Å²) < 4.78 is 0. The molecule has 1 aliphatic carbocycles. The molecule has 21 heavy (non-hydrogen) atoms. The first-order chi connectivity index (χ1) is 10.1. The van der Waals surface area contributed by atoms with Crippen molar-refractivity contribution >= 4 is 23.1 Å². The van der Waals surface area contributed by atoms with Gasteiger partial charge in [0.05, 0.1) is 5.60 Å². The number of rotatable bonds is 4. The van der Waals surface area contributed by atoms with Crippen LogP contribution in [-0.2, 0) is 0 Å². The lowest BCUT2D eigenvalue weighted by Crippen LogP contribution is -2.48. The monoisotopic (exact) mass is 303 g/mol. The zero-order valence-corrected chi connectivity index (χ0v) is 12.3. The molecule has 0 unspecified atom stereocenters. The summed E-state index contributed by atoms with van der Waals surface area (Å²) in [6.45, 7) is 0.302. The van der Waals surface area contributed by atoms with Gasteiger partial charge in [0, 0.05) is 29.4 Å². The second kappa shape index (κ2) is 5.83. The van der Waals surface area contributed by atoms with Gasteiger partial charge < -0.3 is 15.7 Å². The number of hydrogen-bond donors (Lipinski definition) is 3. The molecule has 0 bridgehead atoms. The second-order valence-electron chi connectivity index (χ2n) is 5.30. The molecule has 1 fully saturated rings. The Morgan fingerprint density at radius 3 is 2.67 bits per heavy atom. The van der Waals surface area contributed by atoms with Gasteiger partial charge in [-0.1, -0.05) is 0 Å². The summed E-state index contributed by atoms with van der Waals surface area (Å²) in [6, 6.07) is 7.24. The number of amides is 2. The Morgan fingerprint density at radius 2 is 2.10 bits per heavy atom. The minimum absolute atomic E-state index is 0.294. The molecule has 3 N–H and O–H groups in total. The molecule has 2 aromatic rings. The molecule has 110 valence electrons. The Bertz CT molecular complexity index is 606. The molecular weight excluding hydrogens is 286 g/mol. The van der Waals surface area contributed by atoms with E-state index in [2.05, 4.69) is 15.6 Å². The summed E-state index contributed by atoms with van der Waals surface area (Å²) in [5.41, 5.74) is 1.04. The van der Waals surface area contributed by atoms with Crippen LogP contribution >= 0.6 is 11.3 Å². The Labute approximate surface area is 127 Å². The van der Waals surface area contributed by atoms with Crippen molar-refractivity contribution in [2.24, 2.45) is 0 Å². The van der Waals surface area contributed by atoms with Crippen LogP contribution in [0, 0.1) is 0 Å². The zero-order chi connectivity index (χ0) is 14.7. The molecule has 6 heteroatoms. The highest BCUT2D eigenvalue weighted by Gasteiger charge is 2.34. The van der Waals surface area contributed by atoms with Gasteiger partial charge in [-0.05, 0) is 43.5 Å². The van der Waals surface area contributed by atoms with E-state index < -0.39 is 5.60 Å². The quantitative estimate of drug-likeness (QED) is 0.813. The summed E-state index contributed by atoms with van der Waals surface area (Å²) in [5.74, 6) is 0. The standard InChI is InChI=1S/C15H17N3O2S/c19-14(17-10-15(20)6-1-7-15)18-12-4-2-11(3-5-12)13-16-8-9-21-13/h2-5,8-9,20H,1,6-7,10H2,(H2,17,18,19). The van der Waals surface area contributed by atoms with Gasteiger partial charge in [-0.25, -0.2) is 9.78 Å². The van der Waals surface area contributed by atoms with Crippen LogP contribution in [0.3, 0.4) is 0 Å². The number of nitrogens with one attached hydrogen (secondary N) is 2. The van der Waals surface area contributed by atoms with E-state index in [0.29, 0.717) is 12.2 Å². The molecule has 1 aliphatic rings. The van der Waals surface area contributed by atoms with Crippen molar-refractivity contribution in [3.63, 3.8) is 0 Å². The number of hydrogen-bond acceptors (Lipinski definition) is 4. The van der Waals surface area contributed by atoms with Crippen LogP contribution in [0.25, 0.3) is 10.6 Å². The lowest BCUT2D eigenvalue weighted by atomic mass is 9.80. The van der Waals surface area contributed by atoms with Gasteiger partial charge in [0.15, 0.2) is 0 Å². The fourth-order valence-electron chi connectivity index (χ4n) is 2.24. The number of thiazole rings is 1. The second-order valence-corrected chi connectivity index (χ2v) is 6.19. The van der Waals surface area contributed by atoms with Crippen molar-refractivity contribution in [2.75, 3.05) is 11.9 Å². The fraction of sp³-hybridized carbons (Fsp3) is 0.333. The summed E-state index contributed by atoms with van der Waals surface area (Å²) in [6.07, 6.45) is 4.31. The van der Waals surface area contributed by atoms with Crippen molar-refractivity contribution in [1.29, 1.82) is 0 Å². The maximum Gasteiger partial charge on any atom is 0.319 e. The predicted molar refractivity (Wildman–Crippen MR) is 83.4 cm³/mol. The number of urea groups is 1. The SMILES string of the molecule is O=C(NCC1(O)CCC1)Nc1ccc(-c2nccs2)cc1. The molecule has 0 saturated heterocycles. The Balaban J connectivity index is 1.54. The lowest BCUT2D eigenvalue weighted by Gasteiger charge is -2.36. The number of carbonyl (C=O) groups excluding carboxylic acids is 1. The molecule has 0 aliphatic heterocycles. The van der Waals surface area contributed by atoms with Gasteiger partial charge in [-0.2, -0.15) is 0 Å². The van der Waals surface area contributed by atoms with Crippen LogP contribution < -0.4 is 10.6 Å². The summed E-state index contributed by atoms with van der Waals surface area (Å²) in [4.78, 5) is 16.0. The van der Waals surface area contributed by atoms with Gasteiger partial charge in [-0.3, -0.25) is 0 Å². The molecule has 2 amide bonds. The van der Waals surface area contributed by atoms with Gasteiger partial charge in [0.1, 0.15) is 5.01 Å². The number of aromatic nitrogens is 1. The molecule has 1 aromatic heterocycles. The van der Waals surface area contributed by atoms with E-state index in [4.69, 9.17) is 0 Å². The number of benzene rings is 1. The molecule has 0 spiro atoms. The summed E-state index contributed by atoms with van der Waals surface area (Å²) in [5, 5.41) is 18.3. The van der Waals surface area contributed by atoms with Gasteiger partial charge >= 0.3 is 6.03 Å². The molecule has 0 radical (unpaired) electrons. The van der Waals surface area contributed by atoms with E-state index in [-0.39, 0.29) is 6.03 Å². The molecule has 1 heterocycles. The van der Waals surface area contributed by atoms with Crippen molar-refractivity contribution in [2.45, 2.75) is 24.9 Å². The molecule has 5 nitrogen and oxygen atoms in total. The third kappa shape index (κ3) is 3.40. The van der Waals surface area contributed by atoms with E-state index in [0.717, 1.165) is 29.8 Å². The van der Waals surface area contributed by atoms with Gasteiger partial charge in [0.25, 0.3) is 0 Å². The van der Waals surface area contributed by atoms with E-state index in [1.807, 2.05) is 29.6 Å². The average molecular weight is 303 g/mol. The smallest absolute Gasteiger partial charge is 0.319 e. The lowest BCUT2D eigenvalue weighted by molar-refractivity contribution is -0.0287. The Kier molecular flexibility index (Phi) is 3.90. The van der Waals surface area contributed by atoms with Crippen molar-refractivity contribution in [3.05, 3.63) is 35.8 Å². The largest absolute Gasteiger partial charge is 0.388 e.